The molecular weight excluding hydrogens is 404 g/mol. The smallest absolute Gasteiger partial charge is 0.131 e. The number of hydrogen-bond acceptors (Lipinski definition) is 2. The molecule has 2 nitrogen and oxygen atoms in total. The third-order valence-corrected chi connectivity index (χ3v) is 9.07. The number of rotatable bonds is 9. The molecule has 1 aliphatic heterocycles. The molecule has 1 aromatic rings. The van der Waals surface area contributed by atoms with E-state index in [1.54, 1.807) is 0 Å². The molecule has 1 heterocycles. The van der Waals surface area contributed by atoms with Gasteiger partial charge in [-0.1, -0.05) is 92.1 Å². The second-order valence-corrected chi connectivity index (χ2v) is 12.5. The van der Waals surface area contributed by atoms with E-state index in [1.807, 2.05) is 6.07 Å². The van der Waals surface area contributed by atoms with Gasteiger partial charge >= 0.3 is 0 Å². The van der Waals surface area contributed by atoms with Crippen molar-refractivity contribution in [1.29, 1.82) is 0 Å². The molecule has 0 saturated carbocycles. The molecule has 0 aromatic heterocycles. The van der Waals surface area contributed by atoms with Crippen molar-refractivity contribution in [3.8, 4) is 11.5 Å². The summed E-state index contributed by atoms with van der Waals surface area (Å²) in [5, 5.41) is 11.5. The molecule has 1 aliphatic carbocycles. The first-order valence-corrected chi connectivity index (χ1v) is 13.7. The molecule has 0 amide bonds. The average molecular weight is 455 g/mol. The van der Waals surface area contributed by atoms with Gasteiger partial charge in [-0.15, -0.1) is 0 Å². The highest BCUT2D eigenvalue weighted by Gasteiger charge is 2.47. The Labute approximate surface area is 204 Å². The molecule has 1 atom stereocenters. The van der Waals surface area contributed by atoms with Crippen molar-refractivity contribution in [2.24, 2.45) is 11.3 Å². The van der Waals surface area contributed by atoms with Crippen molar-refractivity contribution >= 4 is 5.57 Å². The van der Waals surface area contributed by atoms with Gasteiger partial charge in [-0.2, -0.15) is 0 Å². The maximum absolute atomic E-state index is 11.5. The molecule has 2 aliphatic rings. The van der Waals surface area contributed by atoms with E-state index in [2.05, 4.69) is 61.5 Å². The lowest BCUT2D eigenvalue weighted by atomic mass is 9.64. The van der Waals surface area contributed by atoms with Crippen LogP contribution in [0.3, 0.4) is 0 Å². The summed E-state index contributed by atoms with van der Waals surface area (Å²) < 4.78 is 6.83. The lowest BCUT2D eigenvalue weighted by Gasteiger charge is -2.44. The van der Waals surface area contributed by atoms with Crippen molar-refractivity contribution < 1.29 is 9.84 Å². The molecule has 2 heteroatoms. The summed E-state index contributed by atoms with van der Waals surface area (Å²) in [7, 11) is 0. The number of hydrogen-bond donors (Lipinski definition) is 1. The minimum absolute atomic E-state index is 0.0169. The molecule has 1 aromatic carbocycles. The number of unbranched alkanes of at least 4 members (excludes halogenated alkanes) is 4. The summed E-state index contributed by atoms with van der Waals surface area (Å²) in [6.07, 6.45) is 13.5. The zero-order chi connectivity index (χ0) is 24.4. The largest absolute Gasteiger partial charge is 0.507 e. The summed E-state index contributed by atoms with van der Waals surface area (Å²) in [4.78, 5) is 0. The van der Waals surface area contributed by atoms with Crippen LogP contribution in [0, 0.1) is 11.3 Å². The number of aromatic hydroxyl groups is 1. The van der Waals surface area contributed by atoms with Crippen LogP contribution in [0.25, 0.3) is 5.57 Å². The van der Waals surface area contributed by atoms with Crippen molar-refractivity contribution in [2.45, 2.75) is 137 Å². The SMILES string of the molecule is CCCCCCC(C)(C)c1cc(O)c2c(c1)OC(C)(C)C(C)(C)C1=C2CC(CCCC)CC1. The highest BCUT2D eigenvalue weighted by atomic mass is 16.5. The zero-order valence-electron chi connectivity index (χ0n) is 22.9. The van der Waals surface area contributed by atoms with E-state index in [4.69, 9.17) is 4.74 Å². The monoisotopic (exact) mass is 454 g/mol. The Morgan fingerprint density at radius 3 is 2.36 bits per heavy atom. The number of benzene rings is 1. The van der Waals surface area contributed by atoms with Gasteiger partial charge in [0.15, 0.2) is 0 Å². The fraction of sp³-hybridized carbons (Fsp3) is 0.742. The van der Waals surface area contributed by atoms with E-state index in [1.165, 1.54) is 68.1 Å². The molecule has 1 N–H and O–H groups in total. The van der Waals surface area contributed by atoms with Gasteiger partial charge in [0.1, 0.15) is 17.1 Å². The Balaban J connectivity index is 2.05. The quantitative estimate of drug-likeness (QED) is 0.376. The van der Waals surface area contributed by atoms with E-state index in [-0.39, 0.29) is 16.4 Å². The number of ether oxygens (including phenoxy) is 1. The molecule has 3 rings (SSSR count). The molecule has 33 heavy (non-hydrogen) atoms. The molecule has 186 valence electrons. The Hall–Kier alpha value is -1.44. The van der Waals surface area contributed by atoms with Gasteiger partial charge in [-0.05, 0) is 74.1 Å². The minimum Gasteiger partial charge on any atom is -0.507 e. The molecule has 0 radical (unpaired) electrons. The summed E-state index contributed by atoms with van der Waals surface area (Å²) in [6.45, 7) is 18.3. The standard InChI is InChI=1S/C31H50O2/c1-9-11-13-14-18-29(3,4)23-20-26(32)28-24-19-22(15-12-10-2)16-17-25(24)30(5,6)31(7,8)33-27(28)21-23/h20-22,32H,9-19H2,1-8H3. The molecule has 0 bridgehead atoms. The molecule has 0 fully saturated rings. The third kappa shape index (κ3) is 5.30. The molecular formula is C31H50O2. The highest BCUT2D eigenvalue weighted by molar-refractivity contribution is 5.80. The van der Waals surface area contributed by atoms with Crippen molar-refractivity contribution in [3.63, 3.8) is 0 Å². The number of phenolic OH excluding ortho intramolecular Hbond substituents is 1. The molecule has 1 unspecified atom stereocenters. The number of phenols is 1. The second-order valence-electron chi connectivity index (χ2n) is 12.5. The van der Waals surface area contributed by atoms with E-state index in [0.29, 0.717) is 11.7 Å². The first-order valence-electron chi connectivity index (χ1n) is 13.7. The summed E-state index contributed by atoms with van der Waals surface area (Å²) in [5.74, 6) is 2.02. The molecule has 0 spiro atoms. The van der Waals surface area contributed by atoms with Crippen LogP contribution in [-0.4, -0.2) is 10.7 Å². The van der Waals surface area contributed by atoms with Gasteiger partial charge in [0.25, 0.3) is 0 Å². The van der Waals surface area contributed by atoms with Crippen molar-refractivity contribution in [1.82, 2.24) is 0 Å². The fourth-order valence-electron chi connectivity index (χ4n) is 5.97. The first-order chi connectivity index (χ1) is 15.4. The van der Waals surface area contributed by atoms with Gasteiger partial charge < -0.3 is 9.84 Å². The normalized spacial score (nSPS) is 21.8. The number of fused-ring (bicyclic) bond motifs is 2. The van der Waals surface area contributed by atoms with Crippen LogP contribution in [0.4, 0.5) is 0 Å². The molecule has 0 saturated heterocycles. The van der Waals surface area contributed by atoms with Crippen LogP contribution in [0.15, 0.2) is 17.7 Å². The van der Waals surface area contributed by atoms with Gasteiger partial charge in [-0.3, -0.25) is 0 Å². The highest BCUT2D eigenvalue weighted by Crippen LogP contribution is 2.56. The Morgan fingerprint density at radius 2 is 1.70 bits per heavy atom. The summed E-state index contributed by atoms with van der Waals surface area (Å²) in [6, 6.07) is 4.31. The summed E-state index contributed by atoms with van der Waals surface area (Å²) in [5.41, 5.74) is 4.65. The van der Waals surface area contributed by atoms with Gasteiger partial charge in [0, 0.05) is 5.41 Å². The van der Waals surface area contributed by atoms with E-state index >= 15 is 0 Å². The van der Waals surface area contributed by atoms with Crippen LogP contribution in [0.2, 0.25) is 0 Å². The lowest BCUT2D eigenvalue weighted by molar-refractivity contribution is 0.0112. The Kier molecular flexibility index (Phi) is 7.97. The zero-order valence-corrected chi connectivity index (χ0v) is 22.9. The summed E-state index contributed by atoms with van der Waals surface area (Å²) >= 11 is 0. The van der Waals surface area contributed by atoms with Crippen LogP contribution < -0.4 is 4.74 Å². The van der Waals surface area contributed by atoms with Gasteiger partial charge in [0.05, 0.1) is 5.56 Å². The number of allylic oxidation sites excluding steroid dienone is 1. The van der Waals surface area contributed by atoms with E-state index < -0.39 is 0 Å². The van der Waals surface area contributed by atoms with Gasteiger partial charge in [-0.25, -0.2) is 0 Å². The maximum Gasteiger partial charge on any atom is 0.131 e. The van der Waals surface area contributed by atoms with Crippen LogP contribution >= 0.6 is 0 Å². The predicted molar refractivity (Wildman–Crippen MR) is 142 cm³/mol. The van der Waals surface area contributed by atoms with Crippen molar-refractivity contribution in [2.75, 3.05) is 0 Å². The Bertz CT molecular complexity index is 856. The van der Waals surface area contributed by atoms with Crippen LogP contribution in [0.1, 0.15) is 137 Å². The third-order valence-electron chi connectivity index (χ3n) is 9.07. The first kappa shape index (κ1) is 26.2. The van der Waals surface area contributed by atoms with Crippen molar-refractivity contribution in [3.05, 3.63) is 28.8 Å². The maximum atomic E-state index is 11.5. The van der Waals surface area contributed by atoms with Gasteiger partial charge in [0.2, 0.25) is 0 Å². The minimum atomic E-state index is -0.342. The van der Waals surface area contributed by atoms with Crippen LogP contribution in [-0.2, 0) is 5.41 Å². The average Bonchev–Trinajstić information content (AvgIpc) is 2.80. The van der Waals surface area contributed by atoms with E-state index in [0.717, 1.165) is 30.6 Å². The van der Waals surface area contributed by atoms with Crippen LogP contribution in [0.5, 0.6) is 11.5 Å². The van der Waals surface area contributed by atoms with E-state index in [9.17, 15) is 5.11 Å². The fourth-order valence-corrected chi connectivity index (χ4v) is 5.97. The topological polar surface area (TPSA) is 29.5 Å². The second kappa shape index (κ2) is 10.0. The predicted octanol–water partition coefficient (Wildman–Crippen LogP) is 9.58. The lowest BCUT2D eigenvalue weighted by Crippen LogP contribution is -2.45. The Morgan fingerprint density at radius 1 is 1.00 bits per heavy atom.